The molecule has 2 atom stereocenters. The third-order valence-corrected chi connectivity index (χ3v) is 8.63. The Morgan fingerprint density at radius 3 is 2.65 bits per heavy atom. The molecule has 5 rings (SSSR count). The number of hydrogen-bond acceptors (Lipinski definition) is 5. The quantitative estimate of drug-likeness (QED) is 0.554. The van der Waals surface area contributed by atoms with Gasteiger partial charge in [-0.15, -0.1) is 0 Å². The largest absolute Gasteiger partial charge is 0.468 e. The molecule has 34 heavy (non-hydrogen) atoms. The summed E-state index contributed by atoms with van der Waals surface area (Å²) >= 11 is 0. The third kappa shape index (κ3) is 4.23. The second-order valence-corrected chi connectivity index (χ2v) is 10.8. The van der Waals surface area contributed by atoms with Crippen molar-refractivity contribution < 1.29 is 17.6 Å². The van der Waals surface area contributed by atoms with Crippen LogP contribution in [0, 0.1) is 0 Å². The number of likely N-dealkylation sites (tertiary alicyclic amines) is 1. The molecule has 3 heterocycles. The fourth-order valence-electron chi connectivity index (χ4n) is 5.05. The molecule has 0 spiro atoms. The molecule has 0 bridgehead atoms. The molecule has 2 aliphatic rings. The number of anilines is 1. The highest BCUT2D eigenvalue weighted by Crippen LogP contribution is 2.36. The Morgan fingerprint density at radius 2 is 1.88 bits per heavy atom. The van der Waals surface area contributed by atoms with E-state index in [2.05, 4.69) is 10.2 Å². The van der Waals surface area contributed by atoms with Crippen LogP contribution in [0.25, 0.3) is 0 Å². The van der Waals surface area contributed by atoms with Crippen molar-refractivity contribution in [2.24, 2.45) is 0 Å². The number of hydrogen-bond donors (Lipinski definition) is 1. The summed E-state index contributed by atoms with van der Waals surface area (Å²) in [4.78, 5) is 15.5. The topological polar surface area (TPSA) is 82.9 Å². The number of amides is 1. The average Bonchev–Trinajstić information content (AvgIpc) is 3.60. The van der Waals surface area contributed by atoms with Crippen molar-refractivity contribution >= 4 is 21.6 Å². The second-order valence-electron chi connectivity index (χ2n) is 8.99. The van der Waals surface area contributed by atoms with Gasteiger partial charge in [0.2, 0.25) is 0 Å². The number of benzene rings is 2. The maximum atomic E-state index is 13.6. The van der Waals surface area contributed by atoms with Crippen LogP contribution in [0.4, 0.5) is 5.69 Å². The molecule has 2 aliphatic heterocycles. The zero-order valence-electron chi connectivity index (χ0n) is 19.2. The number of fused-ring (bicyclic) bond motifs is 1. The van der Waals surface area contributed by atoms with Crippen LogP contribution >= 0.6 is 0 Å². The molecule has 1 saturated heterocycles. The van der Waals surface area contributed by atoms with Gasteiger partial charge >= 0.3 is 0 Å². The summed E-state index contributed by atoms with van der Waals surface area (Å²) in [5, 5.41) is 2.99. The second kappa shape index (κ2) is 9.27. The van der Waals surface area contributed by atoms with Crippen LogP contribution in [0.3, 0.4) is 0 Å². The lowest BCUT2D eigenvalue weighted by atomic mass is 10.1. The lowest BCUT2D eigenvalue weighted by Crippen LogP contribution is -2.37. The van der Waals surface area contributed by atoms with Crippen molar-refractivity contribution in [2.45, 2.75) is 43.2 Å². The van der Waals surface area contributed by atoms with Crippen LogP contribution in [-0.4, -0.2) is 44.9 Å². The van der Waals surface area contributed by atoms with Crippen LogP contribution in [0.5, 0.6) is 0 Å². The molecule has 2 aromatic carbocycles. The van der Waals surface area contributed by atoms with Crippen LogP contribution in [0.2, 0.25) is 0 Å². The van der Waals surface area contributed by atoms with Gasteiger partial charge in [-0.1, -0.05) is 24.3 Å². The molecule has 0 unspecified atom stereocenters. The zero-order valence-corrected chi connectivity index (χ0v) is 20.0. The average molecular weight is 480 g/mol. The van der Waals surface area contributed by atoms with E-state index in [1.165, 1.54) is 10.4 Å². The maximum absolute atomic E-state index is 13.6. The first kappa shape index (κ1) is 22.7. The van der Waals surface area contributed by atoms with Gasteiger partial charge in [0.25, 0.3) is 15.9 Å². The highest BCUT2D eigenvalue weighted by atomic mass is 32.2. The molecule has 0 radical (unpaired) electrons. The molecule has 1 amide bonds. The molecule has 178 valence electrons. The highest BCUT2D eigenvalue weighted by molar-refractivity contribution is 7.92. The van der Waals surface area contributed by atoms with E-state index in [9.17, 15) is 13.2 Å². The molecule has 3 aromatic rings. The van der Waals surface area contributed by atoms with Crippen molar-refractivity contribution in [3.8, 4) is 0 Å². The molecular weight excluding hydrogens is 450 g/mol. The van der Waals surface area contributed by atoms with Gasteiger partial charge in [0.05, 0.1) is 22.9 Å². The van der Waals surface area contributed by atoms with Crippen LogP contribution in [0.1, 0.15) is 47.5 Å². The van der Waals surface area contributed by atoms with E-state index < -0.39 is 10.0 Å². The van der Waals surface area contributed by atoms with E-state index in [0.717, 1.165) is 37.3 Å². The summed E-state index contributed by atoms with van der Waals surface area (Å²) in [6.45, 7) is 4.22. The number of carbonyl (C=O) groups excluding carboxylic acids is 1. The number of carbonyl (C=O) groups is 1. The summed E-state index contributed by atoms with van der Waals surface area (Å²) in [6, 6.07) is 17.4. The minimum Gasteiger partial charge on any atom is -0.468 e. The van der Waals surface area contributed by atoms with Crippen molar-refractivity contribution in [2.75, 3.05) is 23.9 Å². The first-order valence-corrected chi connectivity index (χ1v) is 13.2. The smallest absolute Gasteiger partial charge is 0.264 e. The van der Waals surface area contributed by atoms with E-state index in [4.69, 9.17) is 4.42 Å². The number of sulfonamides is 1. The number of rotatable bonds is 7. The fraction of sp³-hybridized carbons (Fsp3) is 0.346. The van der Waals surface area contributed by atoms with Crippen LogP contribution in [0.15, 0.2) is 76.2 Å². The third-order valence-electron chi connectivity index (χ3n) is 6.71. The SMILES string of the molecule is C[C@H]1Cc2ccccc2N1S(=O)(=O)c1cccc(C(=O)NC[C@@H](c2ccco2)N2CCCC2)c1. The normalized spacial score (nSPS) is 19.2. The van der Waals surface area contributed by atoms with Crippen molar-refractivity contribution in [3.05, 3.63) is 83.8 Å². The Balaban J connectivity index is 1.35. The molecule has 7 nitrogen and oxygen atoms in total. The van der Waals surface area contributed by atoms with Gasteiger partial charge in [0.15, 0.2) is 0 Å². The van der Waals surface area contributed by atoms with Crippen molar-refractivity contribution in [1.82, 2.24) is 10.2 Å². The molecule has 1 fully saturated rings. The molecule has 8 heteroatoms. The predicted molar refractivity (Wildman–Crippen MR) is 130 cm³/mol. The summed E-state index contributed by atoms with van der Waals surface area (Å²) < 4.78 is 34.2. The molecule has 0 saturated carbocycles. The van der Waals surface area contributed by atoms with E-state index >= 15 is 0 Å². The van der Waals surface area contributed by atoms with Crippen LogP contribution < -0.4 is 9.62 Å². The van der Waals surface area contributed by atoms with E-state index in [0.29, 0.717) is 24.2 Å². The molecule has 1 N–H and O–H groups in total. The van der Waals surface area contributed by atoms with Crippen molar-refractivity contribution in [1.29, 1.82) is 0 Å². The Bertz CT molecular complexity index is 1270. The van der Waals surface area contributed by atoms with Gasteiger partial charge in [0, 0.05) is 18.2 Å². The standard InChI is InChI=1S/C26H29N3O4S/c1-19-16-20-8-2-3-11-23(20)29(19)34(31,32)22-10-6-9-21(17-22)26(30)27-18-24(25-12-7-15-33-25)28-13-4-5-14-28/h2-3,6-12,15,17,19,24H,4-5,13-14,16,18H2,1H3,(H,27,30)/t19-,24-/m0/s1. The summed E-state index contributed by atoms with van der Waals surface area (Å²) in [5.74, 6) is 0.517. The number of furan rings is 1. The molecule has 0 aliphatic carbocycles. The van der Waals surface area contributed by atoms with Gasteiger partial charge in [-0.05, 0) is 81.2 Å². The van der Waals surface area contributed by atoms with Crippen molar-refractivity contribution in [3.63, 3.8) is 0 Å². The minimum atomic E-state index is -3.81. The van der Waals surface area contributed by atoms with Gasteiger partial charge in [0.1, 0.15) is 5.76 Å². The number of para-hydroxylation sites is 1. The fourth-order valence-corrected chi connectivity index (χ4v) is 6.79. The van der Waals surface area contributed by atoms with Gasteiger partial charge in [-0.2, -0.15) is 0 Å². The lowest BCUT2D eigenvalue weighted by Gasteiger charge is -2.26. The maximum Gasteiger partial charge on any atom is 0.264 e. The first-order valence-electron chi connectivity index (χ1n) is 11.7. The van der Waals surface area contributed by atoms with Gasteiger partial charge < -0.3 is 9.73 Å². The first-order chi connectivity index (χ1) is 16.4. The minimum absolute atomic E-state index is 0.0460. The summed E-state index contributed by atoms with van der Waals surface area (Å²) in [5.41, 5.74) is 2.04. The monoisotopic (exact) mass is 479 g/mol. The molecular formula is C26H29N3O4S. The van der Waals surface area contributed by atoms with E-state index in [-0.39, 0.29) is 22.9 Å². The van der Waals surface area contributed by atoms with Crippen LogP contribution in [-0.2, 0) is 16.4 Å². The lowest BCUT2D eigenvalue weighted by molar-refractivity contribution is 0.0933. The zero-order chi connectivity index (χ0) is 23.7. The Morgan fingerprint density at radius 1 is 1.09 bits per heavy atom. The highest BCUT2D eigenvalue weighted by Gasteiger charge is 2.36. The van der Waals surface area contributed by atoms with E-state index in [1.54, 1.807) is 24.5 Å². The van der Waals surface area contributed by atoms with E-state index in [1.807, 2.05) is 43.3 Å². The molecule has 1 aromatic heterocycles. The Kier molecular flexibility index (Phi) is 6.18. The summed E-state index contributed by atoms with van der Waals surface area (Å²) in [6.07, 6.45) is 4.57. The number of nitrogens with one attached hydrogen (secondary N) is 1. The number of nitrogens with zero attached hydrogens (tertiary/aromatic N) is 2. The Labute approximate surface area is 200 Å². The Hall–Kier alpha value is -3.10. The predicted octanol–water partition coefficient (Wildman–Crippen LogP) is 3.99. The van der Waals surface area contributed by atoms with Gasteiger partial charge in [-0.25, -0.2) is 8.42 Å². The van der Waals surface area contributed by atoms with Gasteiger partial charge in [-0.3, -0.25) is 14.0 Å². The summed E-state index contributed by atoms with van der Waals surface area (Å²) in [7, 11) is -3.81.